The van der Waals surface area contributed by atoms with E-state index >= 15 is 0 Å². The molecule has 5 heteroatoms. The molecule has 0 atom stereocenters. The van der Waals surface area contributed by atoms with Crippen molar-refractivity contribution in [2.75, 3.05) is 19.1 Å². The van der Waals surface area contributed by atoms with Crippen molar-refractivity contribution in [3.8, 4) is 5.75 Å². The van der Waals surface area contributed by atoms with E-state index in [4.69, 9.17) is 10.5 Å². The van der Waals surface area contributed by atoms with Gasteiger partial charge in [-0.2, -0.15) is 0 Å². The first-order valence-electron chi connectivity index (χ1n) is 4.89. The molecule has 1 aromatic heterocycles. The van der Waals surface area contributed by atoms with Crippen LogP contribution >= 0.6 is 0 Å². The number of hydrogen-bond acceptors (Lipinski definition) is 3. The van der Waals surface area contributed by atoms with Crippen LogP contribution in [0.15, 0.2) is 30.5 Å². The molecule has 2 aromatic rings. The van der Waals surface area contributed by atoms with Crippen molar-refractivity contribution >= 4 is 16.8 Å². The summed E-state index contributed by atoms with van der Waals surface area (Å²) in [5, 5.41) is 0.997. The second-order valence-corrected chi connectivity index (χ2v) is 3.35. The second-order valence-electron chi connectivity index (χ2n) is 3.35. The zero-order valence-electron chi connectivity index (χ0n) is 8.93. The standard InChI is InChI=1S/C11H13N3O2/c1-16-9-2-3-10-8(6-9)4-5-14(10)13-11(15)7-12/h2-6H,7,12H2,1H3,(H,13,15). The molecule has 2 rings (SSSR count). The van der Waals surface area contributed by atoms with Gasteiger partial charge in [0.1, 0.15) is 5.75 Å². The number of fused-ring (bicyclic) bond motifs is 1. The van der Waals surface area contributed by atoms with Gasteiger partial charge in [-0.3, -0.25) is 14.9 Å². The molecule has 0 saturated carbocycles. The summed E-state index contributed by atoms with van der Waals surface area (Å²) >= 11 is 0. The fourth-order valence-corrected chi connectivity index (χ4v) is 1.53. The molecule has 0 radical (unpaired) electrons. The molecule has 1 aromatic carbocycles. The smallest absolute Gasteiger partial charge is 0.252 e. The monoisotopic (exact) mass is 219 g/mol. The molecule has 3 N–H and O–H groups in total. The van der Waals surface area contributed by atoms with Crippen LogP contribution in [0.3, 0.4) is 0 Å². The molecule has 5 nitrogen and oxygen atoms in total. The second kappa shape index (κ2) is 4.24. The average Bonchev–Trinajstić information content (AvgIpc) is 2.71. The van der Waals surface area contributed by atoms with E-state index in [1.54, 1.807) is 18.0 Å². The Labute approximate surface area is 92.8 Å². The van der Waals surface area contributed by atoms with Crippen molar-refractivity contribution in [3.05, 3.63) is 30.5 Å². The Morgan fingerprint density at radius 1 is 1.50 bits per heavy atom. The quantitative estimate of drug-likeness (QED) is 0.797. The molecule has 0 aliphatic heterocycles. The fourth-order valence-electron chi connectivity index (χ4n) is 1.53. The van der Waals surface area contributed by atoms with Crippen LogP contribution < -0.4 is 15.9 Å². The van der Waals surface area contributed by atoms with Gasteiger partial charge >= 0.3 is 0 Å². The van der Waals surface area contributed by atoms with E-state index in [1.165, 1.54) is 0 Å². The highest BCUT2D eigenvalue weighted by atomic mass is 16.5. The van der Waals surface area contributed by atoms with Gasteiger partial charge in [0.05, 0.1) is 19.2 Å². The van der Waals surface area contributed by atoms with Crippen molar-refractivity contribution < 1.29 is 9.53 Å². The molecule has 0 spiro atoms. The van der Waals surface area contributed by atoms with E-state index in [0.717, 1.165) is 16.7 Å². The number of ether oxygens (including phenoxy) is 1. The molecule has 0 unspecified atom stereocenters. The predicted molar refractivity (Wildman–Crippen MR) is 61.9 cm³/mol. The summed E-state index contributed by atoms with van der Waals surface area (Å²) in [5.41, 5.74) is 8.80. The van der Waals surface area contributed by atoms with Crippen LogP contribution in [0.4, 0.5) is 0 Å². The van der Waals surface area contributed by atoms with E-state index < -0.39 is 0 Å². The molecule has 0 bridgehead atoms. The zero-order valence-corrected chi connectivity index (χ0v) is 8.93. The zero-order chi connectivity index (χ0) is 11.5. The number of hydrogen-bond donors (Lipinski definition) is 2. The van der Waals surface area contributed by atoms with E-state index in [-0.39, 0.29) is 12.5 Å². The Kier molecular flexibility index (Phi) is 2.78. The number of carbonyl (C=O) groups excluding carboxylic acids is 1. The van der Waals surface area contributed by atoms with Gasteiger partial charge in [0.15, 0.2) is 0 Å². The molecule has 1 amide bonds. The van der Waals surface area contributed by atoms with E-state index in [9.17, 15) is 4.79 Å². The molecule has 0 aliphatic rings. The van der Waals surface area contributed by atoms with Crippen LogP contribution in [0.2, 0.25) is 0 Å². The topological polar surface area (TPSA) is 69.3 Å². The SMILES string of the molecule is COc1ccc2c(ccn2NC(=O)CN)c1. The highest BCUT2D eigenvalue weighted by Crippen LogP contribution is 2.20. The molecule has 0 aliphatic carbocycles. The fraction of sp³-hybridized carbons (Fsp3) is 0.182. The summed E-state index contributed by atoms with van der Waals surface area (Å²) in [7, 11) is 1.62. The Bertz CT molecular complexity index is 519. The van der Waals surface area contributed by atoms with Gasteiger partial charge in [-0.05, 0) is 24.3 Å². The number of aromatic nitrogens is 1. The van der Waals surface area contributed by atoms with E-state index in [2.05, 4.69) is 5.43 Å². The van der Waals surface area contributed by atoms with Gasteiger partial charge in [0.2, 0.25) is 0 Å². The van der Waals surface area contributed by atoms with Gasteiger partial charge in [0, 0.05) is 11.6 Å². The number of carbonyl (C=O) groups is 1. The minimum absolute atomic E-state index is 0.0319. The summed E-state index contributed by atoms with van der Waals surface area (Å²) in [6.45, 7) is -0.0319. The maximum absolute atomic E-state index is 11.2. The lowest BCUT2D eigenvalue weighted by Crippen LogP contribution is -2.28. The van der Waals surface area contributed by atoms with Crippen LogP contribution in [0.5, 0.6) is 5.75 Å². The lowest BCUT2D eigenvalue weighted by atomic mass is 10.2. The lowest BCUT2D eigenvalue weighted by molar-refractivity contribution is -0.115. The maximum atomic E-state index is 11.2. The summed E-state index contributed by atoms with van der Waals surface area (Å²) < 4.78 is 6.76. The number of rotatable bonds is 3. The van der Waals surface area contributed by atoms with Crippen LogP contribution in [0, 0.1) is 0 Å². The van der Waals surface area contributed by atoms with Crippen LogP contribution in [-0.2, 0) is 4.79 Å². The molecule has 0 fully saturated rings. The van der Waals surface area contributed by atoms with E-state index in [1.807, 2.05) is 24.3 Å². The Morgan fingerprint density at radius 2 is 2.31 bits per heavy atom. The highest BCUT2D eigenvalue weighted by Gasteiger charge is 2.04. The summed E-state index contributed by atoms with van der Waals surface area (Å²) in [5.74, 6) is 0.559. The van der Waals surface area contributed by atoms with Crippen molar-refractivity contribution in [3.63, 3.8) is 0 Å². The third kappa shape index (κ3) is 1.85. The molecular weight excluding hydrogens is 206 g/mol. The summed E-state index contributed by atoms with van der Waals surface area (Å²) in [6.07, 6.45) is 1.78. The van der Waals surface area contributed by atoms with Gasteiger partial charge in [-0.25, -0.2) is 0 Å². The number of nitrogens with one attached hydrogen (secondary N) is 1. The Morgan fingerprint density at radius 3 is 3.00 bits per heavy atom. The van der Waals surface area contributed by atoms with Crippen LogP contribution in [0.25, 0.3) is 10.9 Å². The van der Waals surface area contributed by atoms with Crippen molar-refractivity contribution in [2.24, 2.45) is 5.73 Å². The number of nitrogens with zero attached hydrogens (tertiary/aromatic N) is 1. The first-order chi connectivity index (χ1) is 7.74. The maximum Gasteiger partial charge on any atom is 0.252 e. The normalized spacial score (nSPS) is 10.4. The largest absolute Gasteiger partial charge is 0.497 e. The van der Waals surface area contributed by atoms with E-state index in [0.29, 0.717) is 0 Å². The van der Waals surface area contributed by atoms with Gasteiger partial charge < -0.3 is 10.5 Å². The number of methoxy groups -OCH3 is 1. The van der Waals surface area contributed by atoms with Crippen molar-refractivity contribution in [1.29, 1.82) is 0 Å². The first kappa shape index (κ1) is 10.5. The third-order valence-electron chi connectivity index (χ3n) is 2.33. The van der Waals surface area contributed by atoms with Gasteiger partial charge in [0.25, 0.3) is 5.91 Å². The molecule has 0 saturated heterocycles. The molecule has 84 valence electrons. The molecule has 1 heterocycles. The highest BCUT2D eigenvalue weighted by molar-refractivity contribution is 5.89. The molecular formula is C11H13N3O2. The van der Waals surface area contributed by atoms with Gasteiger partial charge in [-0.1, -0.05) is 0 Å². The minimum Gasteiger partial charge on any atom is -0.497 e. The predicted octanol–water partition coefficient (Wildman–Crippen LogP) is 0.679. The number of amides is 1. The van der Waals surface area contributed by atoms with Crippen molar-refractivity contribution in [1.82, 2.24) is 4.68 Å². The summed E-state index contributed by atoms with van der Waals surface area (Å²) in [6, 6.07) is 7.52. The first-order valence-corrected chi connectivity index (χ1v) is 4.89. The van der Waals surface area contributed by atoms with Gasteiger partial charge in [-0.15, -0.1) is 0 Å². The number of benzene rings is 1. The third-order valence-corrected chi connectivity index (χ3v) is 2.33. The van der Waals surface area contributed by atoms with Crippen molar-refractivity contribution in [2.45, 2.75) is 0 Å². The molecule has 16 heavy (non-hydrogen) atoms. The summed E-state index contributed by atoms with van der Waals surface area (Å²) in [4.78, 5) is 11.2. The Hall–Kier alpha value is -2.01. The lowest BCUT2D eigenvalue weighted by Gasteiger charge is -2.06. The minimum atomic E-state index is -0.228. The van der Waals surface area contributed by atoms with Crippen LogP contribution in [-0.4, -0.2) is 24.2 Å². The Balaban J connectivity index is 2.37. The number of nitrogens with two attached hydrogens (primary N) is 1. The van der Waals surface area contributed by atoms with Crippen LogP contribution in [0.1, 0.15) is 0 Å². The average molecular weight is 219 g/mol.